The van der Waals surface area contributed by atoms with Crippen molar-refractivity contribution in [2.75, 3.05) is 13.6 Å². The summed E-state index contributed by atoms with van der Waals surface area (Å²) in [4.78, 5) is 2.39. The Bertz CT molecular complexity index is 536. The van der Waals surface area contributed by atoms with Gasteiger partial charge in [-0.1, -0.05) is 11.6 Å². The molecule has 0 aliphatic carbocycles. The van der Waals surface area contributed by atoms with E-state index in [1.165, 1.54) is 19.4 Å². The smallest absolute Gasteiger partial charge is 0.160 e. The Balaban J connectivity index is 1.92. The molecule has 0 radical (unpaired) electrons. The van der Waals surface area contributed by atoms with E-state index >= 15 is 0 Å². The fourth-order valence-electron chi connectivity index (χ4n) is 2.50. The van der Waals surface area contributed by atoms with Crippen LogP contribution in [0.5, 0.6) is 0 Å². The molecule has 0 saturated carbocycles. The van der Waals surface area contributed by atoms with E-state index in [9.17, 15) is 0 Å². The summed E-state index contributed by atoms with van der Waals surface area (Å²) in [7, 11) is 2.17. The lowest BCUT2D eigenvalue weighted by molar-refractivity contribution is 0.305. The molecular formula is C12H15ClN4. The minimum atomic E-state index is 0.585. The Hall–Kier alpha value is -1.13. The predicted molar refractivity (Wildman–Crippen MR) is 67.4 cm³/mol. The molecule has 2 aromatic heterocycles. The Morgan fingerprint density at radius 3 is 3.06 bits per heavy atom. The molecule has 1 unspecified atom stereocenters. The van der Waals surface area contributed by atoms with E-state index in [1.807, 2.05) is 22.7 Å². The summed E-state index contributed by atoms with van der Waals surface area (Å²) < 4.78 is 1.99. The fraction of sp³-hybridized carbons (Fsp3) is 0.500. The zero-order valence-electron chi connectivity index (χ0n) is 9.80. The van der Waals surface area contributed by atoms with Crippen molar-refractivity contribution in [3.05, 3.63) is 29.2 Å². The average molecular weight is 251 g/mol. The van der Waals surface area contributed by atoms with E-state index in [-0.39, 0.29) is 0 Å². The maximum absolute atomic E-state index is 6.01. The fourth-order valence-corrected chi connectivity index (χ4v) is 2.66. The standard InChI is InChI=1S/C12H15ClN4/c1-16-6-2-3-10(16)7-12-15-14-11-5-4-9(13)8-17(11)12/h4-5,8,10H,2-3,6-7H2,1H3. The van der Waals surface area contributed by atoms with Crippen LogP contribution in [0.25, 0.3) is 5.65 Å². The molecule has 0 spiro atoms. The highest BCUT2D eigenvalue weighted by Gasteiger charge is 2.23. The Kier molecular flexibility index (Phi) is 2.76. The van der Waals surface area contributed by atoms with E-state index in [0.29, 0.717) is 6.04 Å². The van der Waals surface area contributed by atoms with Crippen molar-refractivity contribution in [3.63, 3.8) is 0 Å². The van der Waals surface area contributed by atoms with Crippen LogP contribution in [0.1, 0.15) is 18.7 Å². The first-order valence-electron chi connectivity index (χ1n) is 5.93. The summed E-state index contributed by atoms with van der Waals surface area (Å²) >= 11 is 6.01. The molecule has 0 amide bonds. The van der Waals surface area contributed by atoms with Gasteiger partial charge in [-0.25, -0.2) is 0 Å². The summed E-state index contributed by atoms with van der Waals surface area (Å²) in [5.74, 6) is 1.00. The second-order valence-corrected chi connectivity index (χ2v) is 5.11. The third-order valence-electron chi connectivity index (χ3n) is 3.53. The van der Waals surface area contributed by atoms with Crippen LogP contribution in [0, 0.1) is 0 Å². The molecule has 4 nitrogen and oxygen atoms in total. The number of likely N-dealkylation sites (N-methyl/N-ethyl adjacent to an activating group) is 1. The highest BCUT2D eigenvalue weighted by molar-refractivity contribution is 6.30. The van der Waals surface area contributed by atoms with Crippen LogP contribution >= 0.6 is 11.6 Å². The van der Waals surface area contributed by atoms with Crippen molar-refractivity contribution in [1.29, 1.82) is 0 Å². The van der Waals surface area contributed by atoms with Crippen molar-refractivity contribution in [2.45, 2.75) is 25.3 Å². The minimum Gasteiger partial charge on any atom is -0.303 e. The lowest BCUT2D eigenvalue weighted by Gasteiger charge is -2.18. The molecule has 0 aromatic carbocycles. The molecule has 1 atom stereocenters. The predicted octanol–water partition coefficient (Wildman–Crippen LogP) is 2.02. The van der Waals surface area contributed by atoms with E-state index in [0.717, 1.165) is 22.9 Å². The zero-order valence-corrected chi connectivity index (χ0v) is 10.6. The largest absolute Gasteiger partial charge is 0.303 e. The summed E-state index contributed by atoms with van der Waals surface area (Å²) in [6.07, 6.45) is 5.35. The van der Waals surface area contributed by atoms with Crippen molar-refractivity contribution in [3.8, 4) is 0 Å². The SMILES string of the molecule is CN1CCCC1Cc1nnc2ccc(Cl)cn12. The van der Waals surface area contributed by atoms with Gasteiger partial charge in [0.05, 0.1) is 5.02 Å². The van der Waals surface area contributed by atoms with E-state index in [2.05, 4.69) is 22.1 Å². The third kappa shape index (κ3) is 2.03. The van der Waals surface area contributed by atoms with Crippen LogP contribution in [0.3, 0.4) is 0 Å². The normalized spacial score (nSPS) is 21.4. The molecule has 90 valence electrons. The Labute approximate surface area is 105 Å². The molecule has 1 aliphatic heterocycles. The van der Waals surface area contributed by atoms with Crippen LogP contribution < -0.4 is 0 Å². The molecule has 0 N–H and O–H groups in total. The molecule has 1 fully saturated rings. The van der Waals surface area contributed by atoms with Gasteiger partial charge in [0.1, 0.15) is 5.82 Å². The first-order chi connectivity index (χ1) is 8.24. The van der Waals surface area contributed by atoms with Gasteiger partial charge in [-0.3, -0.25) is 4.40 Å². The van der Waals surface area contributed by atoms with Crippen molar-refractivity contribution in [2.24, 2.45) is 0 Å². The molecule has 0 bridgehead atoms. The lowest BCUT2D eigenvalue weighted by atomic mass is 10.1. The molecule has 1 saturated heterocycles. The number of fused-ring (bicyclic) bond motifs is 1. The average Bonchev–Trinajstić information content (AvgIpc) is 2.88. The van der Waals surface area contributed by atoms with Gasteiger partial charge < -0.3 is 4.90 Å². The molecule has 2 aromatic rings. The van der Waals surface area contributed by atoms with Crippen molar-refractivity contribution >= 4 is 17.2 Å². The van der Waals surface area contributed by atoms with E-state index in [4.69, 9.17) is 11.6 Å². The highest BCUT2D eigenvalue weighted by Crippen LogP contribution is 2.19. The van der Waals surface area contributed by atoms with E-state index < -0.39 is 0 Å². The topological polar surface area (TPSA) is 33.4 Å². The second-order valence-electron chi connectivity index (χ2n) is 4.67. The summed E-state index contributed by atoms with van der Waals surface area (Å²) in [6, 6.07) is 4.33. The van der Waals surface area contributed by atoms with Crippen LogP contribution in [-0.2, 0) is 6.42 Å². The van der Waals surface area contributed by atoms with E-state index in [1.54, 1.807) is 0 Å². The Morgan fingerprint density at radius 2 is 2.29 bits per heavy atom. The van der Waals surface area contributed by atoms with Crippen LogP contribution in [0.15, 0.2) is 18.3 Å². The monoisotopic (exact) mass is 250 g/mol. The zero-order chi connectivity index (χ0) is 11.8. The number of likely N-dealkylation sites (tertiary alicyclic amines) is 1. The number of halogens is 1. The molecule has 1 aliphatic rings. The first-order valence-corrected chi connectivity index (χ1v) is 6.31. The molecule has 3 heterocycles. The quantitative estimate of drug-likeness (QED) is 0.818. The van der Waals surface area contributed by atoms with Crippen molar-refractivity contribution < 1.29 is 0 Å². The number of hydrogen-bond donors (Lipinski definition) is 0. The second kappa shape index (κ2) is 4.27. The number of nitrogens with zero attached hydrogens (tertiary/aromatic N) is 4. The number of hydrogen-bond acceptors (Lipinski definition) is 3. The van der Waals surface area contributed by atoms with Gasteiger partial charge in [0.25, 0.3) is 0 Å². The molecular weight excluding hydrogens is 236 g/mol. The van der Waals surface area contributed by atoms with Gasteiger partial charge in [0, 0.05) is 18.7 Å². The highest BCUT2D eigenvalue weighted by atomic mass is 35.5. The number of rotatable bonds is 2. The summed E-state index contributed by atoms with van der Waals surface area (Å²) in [5.41, 5.74) is 0.866. The minimum absolute atomic E-state index is 0.585. The molecule has 17 heavy (non-hydrogen) atoms. The lowest BCUT2D eigenvalue weighted by Crippen LogP contribution is -2.27. The third-order valence-corrected chi connectivity index (χ3v) is 3.75. The van der Waals surface area contributed by atoms with Crippen LogP contribution in [0.4, 0.5) is 0 Å². The summed E-state index contributed by atoms with van der Waals surface area (Å²) in [6.45, 7) is 1.18. The first kappa shape index (κ1) is 11.0. The van der Waals surface area contributed by atoms with Gasteiger partial charge in [0.15, 0.2) is 5.65 Å². The maximum atomic E-state index is 6.01. The number of aromatic nitrogens is 3. The molecule has 5 heteroatoms. The van der Waals surface area contributed by atoms with Gasteiger partial charge in [-0.15, -0.1) is 10.2 Å². The van der Waals surface area contributed by atoms with Gasteiger partial charge >= 0.3 is 0 Å². The van der Waals surface area contributed by atoms with Gasteiger partial charge in [0.2, 0.25) is 0 Å². The number of pyridine rings is 1. The Morgan fingerprint density at radius 1 is 1.41 bits per heavy atom. The van der Waals surface area contributed by atoms with Gasteiger partial charge in [-0.2, -0.15) is 0 Å². The summed E-state index contributed by atoms with van der Waals surface area (Å²) in [5, 5.41) is 9.15. The maximum Gasteiger partial charge on any atom is 0.160 e. The van der Waals surface area contributed by atoms with Crippen LogP contribution in [-0.4, -0.2) is 39.1 Å². The van der Waals surface area contributed by atoms with Gasteiger partial charge in [-0.05, 0) is 38.6 Å². The van der Waals surface area contributed by atoms with Crippen molar-refractivity contribution in [1.82, 2.24) is 19.5 Å². The van der Waals surface area contributed by atoms with Crippen LogP contribution in [0.2, 0.25) is 5.02 Å². The molecule has 3 rings (SSSR count).